The third kappa shape index (κ3) is 6.78. The Kier molecular flexibility index (Phi) is 8.62. The molecule has 0 fully saturated rings. The van der Waals surface area contributed by atoms with E-state index < -0.39 is 46.2 Å². The first kappa shape index (κ1) is 26.3. The van der Waals surface area contributed by atoms with Gasteiger partial charge in [-0.3, -0.25) is 9.59 Å². The molecule has 0 radical (unpaired) electrons. The second-order valence-electron chi connectivity index (χ2n) is 7.21. The molecule has 0 aromatic heterocycles. The van der Waals surface area contributed by atoms with Gasteiger partial charge in [-0.15, -0.1) is 0 Å². The van der Waals surface area contributed by atoms with Crippen LogP contribution >= 0.6 is 0 Å². The van der Waals surface area contributed by atoms with Crippen molar-refractivity contribution in [1.29, 1.82) is 0 Å². The van der Waals surface area contributed by atoms with Gasteiger partial charge >= 0.3 is 6.18 Å². The van der Waals surface area contributed by atoms with Gasteiger partial charge in [0.15, 0.2) is 0 Å². The summed E-state index contributed by atoms with van der Waals surface area (Å²) in [6.45, 7) is 5.20. The second kappa shape index (κ2) is 10.8. The maximum absolute atomic E-state index is 12.7. The van der Waals surface area contributed by atoms with Crippen LogP contribution in [-0.2, 0) is 21.0 Å². The molecule has 0 bridgehead atoms. The summed E-state index contributed by atoms with van der Waals surface area (Å²) in [6, 6.07) is 9.33. The van der Waals surface area contributed by atoms with Gasteiger partial charge in [-0.1, -0.05) is 32.0 Å². The first-order valence-electron chi connectivity index (χ1n) is 10.2. The summed E-state index contributed by atoms with van der Waals surface area (Å²) in [6.07, 6.45) is -4.45. The molecule has 33 heavy (non-hydrogen) atoms. The number of alkyl halides is 3. The summed E-state index contributed by atoms with van der Waals surface area (Å²) in [5, 5.41) is 5.00. The molecule has 180 valence electrons. The van der Waals surface area contributed by atoms with Crippen molar-refractivity contribution >= 4 is 21.8 Å². The van der Waals surface area contributed by atoms with Crippen molar-refractivity contribution in [3.8, 4) is 0 Å². The van der Waals surface area contributed by atoms with E-state index in [0.29, 0.717) is 5.56 Å². The normalized spacial score (nSPS) is 12.9. The highest BCUT2D eigenvalue weighted by Gasteiger charge is 2.30. The molecule has 1 atom stereocenters. The number of sulfonamides is 1. The molecule has 0 aliphatic rings. The van der Waals surface area contributed by atoms with Crippen LogP contribution in [0.4, 0.5) is 13.2 Å². The number of nitrogens with zero attached hydrogens (tertiary/aromatic N) is 1. The molecule has 0 spiro atoms. The van der Waals surface area contributed by atoms with Crippen molar-refractivity contribution in [3.63, 3.8) is 0 Å². The second-order valence-corrected chi connectivity index (χ2v) is 9.15. The van der Waals surface area contributed by atoms with Crippen molar-refractivity contribution in [3.05, 3.63) is 65.2 Å². The summed E-state index contributed by atoms with van der Waals surface area (Å²) in [5.74, 6) is -1.19. The minimum atomic E-state index is -4.45. The molecule has 2 N–H and O–H groups in total. The standard InChI is InChI=1S/C22H26F3N3O4S/c1-4-28(5-2)33(31,32)19-8-6-7-17(13-19)21(30)26-14-20(29)27-15(3)16-9-11-18(12-10-16)22(23,24)25/h6-13,15H,4-5,14H2,1-3H3,(H,26,30)(H,27,29). The summed E-state index contributed by atoms with van der Waals surface area (Å²) in [7, 11) is -3.74. The van der Waals surface area contributed by atoms with Crippen LogP contribution in [0.15, 0.2) is 53.4 Å². The Morgan fingerprint density at radius 3 is 2.18 bits per heavy atom. The Labute approximate surface area is 191 Å². The van der Waals surface area contributed by atoms with Crippen molar-refractivity contribution in [2.75, 3.05) is 19.6 Å². The molecule has 2 aromatic rings. The maximum atomic E-state index is 12.7. The molecule has 11 heteroatoms. The van der Waals surface area contributed by atoms with Crippen LogP contribution in [-0.4, -0.2) is 44.2 Å². The number of halogens is 3. The fourth-order valence-corrected chi connectivity index (χ4v) is 4.61. The number of benzene rings is 2. The van der Waals surface area contributed by atoms with E-state index >= 15 is 0 Å². The Balaban J connectivity index is 1.98. The molecule has 7 nitrogen and oxygen atoms in total. The van der Waals surface area contributed by atoms with Gasteiger partial charge in [0.25, 0.3) is 5.91 Å². The topological polar surface area (TPSA) is 95.6 Å². The molecule has 2 aromatic carbocycles. The van der Waals surface area contributed by atoms with Gasteiger partial charge in [0.1, 0.15) is 0 Å². The van der Waals surface area contributed by atoms with Crippen molar-refractivity contribution in [2.45, 2.75) is 37.9 Å². The van der Waals surface area contributed by atoms with Gasteiger partial charge in [-0.25, -0.2) is 8.42 Å². The number of amides is 2. The van der Waals surface area contributed by atoms with E-state index in [-0.39, 0.29) is 23.5 Å². The van der Waals surface area contributed by atoms with Gasteiger partial charge in [0.05, 0.1) is 23.0 Å². The fraction of sp³-hybridized carbons (Fsp3) is 0.364. The highest BCUT2D eigenvalue weighted by molar-refractivity contribution is 7.89. The average molecular weight is 486 g/mol. The van der Waals surface area contributed by atoms with Crippen molar-refractivity contribution < 1.29 is 31.2 Å². The molecular weight excluding hydrogens is 459 g/mol. The first-order chi connectivity index (χ1) is 15.4. The van der Waals surface area contributed by atoms with E-state index in [1.165, 1.54) is 40.7 Å². The van der Waals surface area contributed by atoms with E-state index in [1.807, 2.05) is 0 Å². The molecule has 0 heterocycles. The number of rotatable bonds is 9. The highest BCUT2D eigenvalue weighted by atomic mass is 32.2. The largest absolute Gasteiger partial charge is 0.416 e. The minimum absolute atomic E-state index is 0.0285. The number of carbonyl (C=O) groups is 2. The monoisotopic (exact) mass is 485 g/mol. The molecule has 0 saturated heterocycles. The van der Waals surface area contributed by atoms with Crippen molar-refractivity contribution in [1.82, 2.24) is 14.9 Å². The summed E-state index contributed by atoms with van der Waals surface area (Å²) in [4.78, 5) is 24.6. The predicted molar refractivity (Wildman–Crippen MR) is 117 cm³/mol. The highest BCUT2D eigenvalue weighted by Crippen LogP contribution is 2.29. The van der Waals surface area contributed by atoms with Crippen LogP contribution in [0.2, 0.25) is 0 Å². The van der Waals surface area contributed by atoms with Crippen LogP contribution in [0.1, 0.15) is 48.3 Å². The zero-order valence-corrected chi connectivity index (χ0v) is 19.3. The number of carbonyl (C=O) groups excluding carboxylic acids is 2. The summed E-state index contributed by atoms with van der Waals surface area (Å²) < 4.78 is 64.5. The number of nitrogens with one attached hydrogen (secondary N) is 2. The molecule has 2 amide bonds. The van der Waals surface area contributed by atoms with E-state index in [0.717, 1.165) is 12.1 Å². The molecule has 0 aliphatic heterocycles. The molecule has 1 unspecified atom stereocenters. The summed E-state index contributed by atoms with van der Waals surface area (Å²) >= 11 is 0. The van der Waals surface area contributed by atoms with Gasteiger partial charge in [-0.2, -0.15) is 17.5 Å². The predicted octanol–water partition coefficient (Wildman–Crippen LogP) is 3.34. The molecular formula is C22H26F3N3O4S. The Hall–Kier alpha value is -2.92. The van der Waals surface area contributed by atoms with E-state index in [1.54, 1.807) is 20.8 Å². The zero-order chi connectivity index (χ0) is 24.8. The van der Waals surface area contributed by atoms with Gasteiger partial charge in [0, 0.05) is 18.7 Å². The van der Waals surface area contributed by atoms with Crippen LogP contribution in [0.25, 0.3) is 0 Å². The van der Waals surface area contributed by atoms with Gasteiger partial charge in [0.2, 0.25) is 15.9 Å². The quantitative estimate of drug-likeness (QED) is 0.570. The van der Waals surface area contributed by atoms with Crippen LogP contribution in [0.5, 0.6) is 0 Å². The van der Waals surface area contributed by atoms with Gasteiger partial charge < -0.3 is 10.6 Å². The summed E-state index contributed by atoms with van der Waals surface area (Å²) in [5.41, 5.74) is -0.244. The molecule has 0 saturated carbocycles. The lowest BCUT2D eigenvalue weighted by Crippen LogP contribution is -2.38. The Bertz CT molecular complexity index is 1080. The van der Waals surface area contributed by atoms with E-state index in [4.69, 9.17) is 0 Å². The lowest BCUT2D eigenvalue weighted by atomic mass is 10.1. The van der Waals surface area contributed by atoms with Crippen LogP contribution in [0.3, 0.4) is 0 Å². The minimum Gasteiger partial charge on any atom is -0.348 e. The molecule has 2 rings (SSSR count). The number of hydrogen-bond acceptors (Lipinski definition) is 4. The lowest BCUT2D eigenvalue weighted by Gasteiger charge is -2.18. The van der Waals surface area contributed by atoms with E-state index in [2.05, 4.69) is 10.6 Å². The third-order valence-corrected chi connectivity index (χ3v) is 7.01. The Morgan fingerprint density at radius 1 is 1.03 bits per heavy atom. The maximum Gasteiger partial charge on any atom is 0.416 e. The van der Waals surface area contributed by atoms with E-state index in [9.17, 15) is 31.2 Å². The Morgan fingerprint density at radius 2 is 1.64 bits per heavy atom. The average Bonchev–Trinajstić information content (AvgIpc) is 2.77. The zero-order valence-electron chi connectivity index (χ0n) is 18.4. The van der Waals surface area contributed by atoms with Gasteiger partial charge in [-0.05, 0) is 42.8 Å². The first-order valence-corrected chi connectivity index (χ1v) is 11.7. The van der Waals surface area contributed by atoms with Crippen LogP contribution < -0.4 is 10.6 Å². The number of hydrogen-bond donors (Lipinski definition) is 2. The van der Waals surface area contributed by atoms with Crippen LogP contribution in [0, 0.1) is 0 Å². The third-order valence-electron chi connectivity index (χ3n) is 4.96. The lowest BCUT2D eigenvalue weighted by molar-refractivity contribution is -0.137. The SMILES string of the molecule is CCN(CC)S(=O)(=O)c1cccc(C(=O)NCC(=O)NC(C)c2ccc(C(F)(F)F)cc2)c1. The molecule has 0 aliphatic carbocycles. The van der Waals surface area contributed by atoms with Crippen molar-refractivity contribution in [2.24, 2.45) is 0 Å². The fourth-order valence-electron chi connectivity index (χ4n) is 3.11. The smallest absolute Gasteiger partial charge is 0.348 e.